The number of thiazole rings is 1. The Balaban J connectivity index is 1.61. The molecule has 0 saturated heterocycles. The van der Waals surface area contributed by atoms with Gasteiger partial charge in [0.2, 0.25) is 5.52 Å². The highest BCUT2D eigenvalue weighted by Crippen LogP contribution is 2.41. The van der Waals surface area contributed by atoms with Gasteiger partial charge in [0.05, 0.1) is 5.70 Å². The molecule has 1 aliphatic carbocycles. The summed E-state index contributed by atoms with van der Waals surface area (Å²) in [6, 6.07) is 27.2. The lowest BCUT2D eigenvalue weighted by Gasteiger charge is -2.28. The number of para-hydroxylation sites is 2. The van der Waals surface area contributed by atoms with Crippen molar-refractivity contribution in [1.82, 2.24) is 0 Å². The van der Waals surface area contributed by atoms with Crippen molar-refractivity contribution in [3.63, 3.8) is 0 Å². The second-order valence-electron chi connectivity index (χ2n) is 8.11. The van der Waals surface area contributed by atoms with Crippen molar-refractivity contribution in [3.8, 4) is 0 Å². The molecular weight excluding hydrogens is 444 g/mol. The van der Waals surface area contributed by atoms with Crippen LogP contribution < -0.4 is 9.47 Å². The van der Waals surface area contributed by atoms with E-state index in [2.05, 4.69) is 108 Å². The zero-order valence-electron chi connectivity index (χ0n) is 18.7. The number of halogens is 1. The van der Waals surface area contributed by atoms with Gasteiger partial charge in [-0.15, -0.1) is 0 Å². The normalized spacial score (nSPS) is 14.1. The Morgan fingerprint density at radius 1 is 0.939 bits per heavy atom. The molecule has 1 aliphatic rings. The Kier molecular flexibility index (Phi) is 6.17. The number of benzene rings is 3. The van der Waals surface area contributed by atoms with E-state index in [0.29, 0.717) is 0 Å². The highest BCUT2D eigenvalue weighted by Gasteiger charge is 2.25. The van der Waals surface area contributed by atoms with Crippen LogP contribution in [0.2, 0.25) is 5.02 Å². The predicted octanol–water partition coefficient (Wildman–Crippen LogP) is 8.32. The Morgan fingerprint density at radius 3 is 2.24 bits per heavy atom. The first kappa shape index (κ1) is 21.7. The van der Waals surface area contributed by atoms with Gasteiger partial charge in [-0.25, -0.2) is 0 Å². The topological polar surface area (TPSA) is 7.12 Å². The molecule has 0 aliphatic heterocycles. The van der Waals surface area contributed by atoms with E-state index in [1.165, 1.54) is 32.1 Å². The molecule has 2 nitrogen and oxygen atoms in total. The molecule has 0 bridgehead atoms. The van der Waals surface area contributed by atoms with Crippen molar-refractivity contribution in [3.05, 3.63) is 118 Å². The van der Waals surface area contributed by atoms with Crippen molar-refractivity contribution in [2.75, 3.05) is 4.90 Å². The zero-order chi connectivity index (χ0) is 22.8. The molecule has 33 heavy (non-hydrogen) atoms. The summed E-state index contributed by atoms with van der Waals surface area (Å²) in [7, 11) is 0. The highest BCUT2D eigenvalue weighted by molar-refractivity contribution is 7.18. The van der Waals surface area contributed by atoms with Crippen LogP contribution in [0.1, 0.15) is 24.8 Å². The van der Waals surface area contributed by atoms with E-state index in [1.807, 2.05) is 6.07 Å². The van der Waals surface area contributed by atoms with Gasteiger partial charge in [-0.05, 0) is 73.4 Å². The first-order valence-electron chi connectivity index (χ1n) is 11.3. The first-order valence-corrected chi connectivity index (χ1v) is 12.5. The van der Waals surface area contributed by atoms with Crippen LogP contribution in [0.3, 0.4) is 0 Å². The SMILES string of the molecule is C=C1CCC(/C=C/c2sc3ccc(Cl)cc3[n+]2CC)=C1N(c1ccccc1)c1ccccc1. The number of fused-ring (bicyclic) bond motifs is 1. The molecule has 1 aromatic heterocycles. The molecule has 4 aromatic rings. The molecule has 0 unspecified atom stereocenters. The van der Waals surface area contributed by atoms with Crippen LogP contribution in [0.15, 0.2) is 108 Å². The standard InChI is InChI=1S/C29H26ClN2S/c1-3-31-26-20-23(30)17-18-27(26)33-28(31)19-16-22-15-14-21(2)29(22)32(24-10-6-4-7-11-24)25-12-8-5-9-13-25/h4-13,16-20H,2-3,14-15H2,1H3/q+1. The molecule has 1 heterocycles. The molecule has 0 saturated carbocycles. The molecule has 0 atom stereocenters. The fourth-order valence-electron chi connectivity index (χ4n) is 4.47. The number of allylic oxidation sites excluding steroid dienone is 3. The lowest BCUT2D eigenvalue weighted by atomic mass is 10.1. The molecular formula is C29H26ClN2S+. The largest absolute Gasteiger partial charge is 0.310 e. The lowest BCUT2D eigenvalue weighted by Crippen LogP contribution is -2.33. The maximum absolute atomic E-state index is 6.27. The minimum absolute atomic E-state index is 0.775. The van der Waals surface area contributed by atoms with Gasteiger partial charge in [0, 0.05) is 28.5 Å². The first-order chi connectivity index (χ1) is 16.2. The van der Waals surface area contributed by atoms with Gasteiger partial charge >= 0.3 is 0 Å². The van der Waals surface area contributed by atoms with Crippen molar-refractivity contribution in [2.45, 2.75) is 26.3 Å². The number of hydrogen-bond acceptors (Lipinski definition) is 2. The molecule has 5 rings (SSSR count). The smallest absolute Gasteiger partial charge is 0.262 e. The van der Waals surface area contributed by atoms with E-state index in [9.17, 15) is 0 Å². The monoisotopic (exact) mass is 469 g/mol. The van der Waals surface area contributed by atoms with E-state index >= 15 is 0 Å². The molecule has 0 N–H and O–H groups in total. The summed E-state index contributed by atoms with van der Waals surface area (Å²) in [5.74, 6) is 0. The zero-order valence-corrected chi connectivity index (χ0v) is 20.2. The third-order valence-corrected chi connectivity index (χ3v) is 7.39. The second kappa shape index (κ2) is 9.38. The maximum Gasteiger partial charge on any atom is 0.262 e. The number of anilines is 2. The summed E-state index contributed by atoms with van der Waals surface area (Å²) >= 11 is 8.08. The van der Waals surface area contributed by atoms with E-state index in [-0.39, 0.29) is 0 Å². The van der Waals surface area contributed by atoms with Crippen LogP contribution >= 0.6 is 22.9 Å². The number of rotatable bonds is 6. The Bertz CT molecular complexity index is 1330. The maximum atomic E-state index is 6.27. The molecule has 164 valence electrons. The summed E-state index contributed by atoms with van der Waals surface area (Å²) in [4.78, 5) is 2.34. The Labute approximate surface area is 204 Å². The minimum Gasteiger partial charge on any atom is -0.310 e. The van der Waals surface area contributed by atoms with E-state index < -0.39 is 0 Å². The van der Waals surface area contributed by atoms with E-state index in [1.54, 1.807) is 11.3 Å². The van der Waals surface area contributed by atoms with Crippen LogP contribution in [0.4, 0.5) is 11.4 Å². The number of hydrogen-bond donors (Lipinski definition) is 0. The van der Waals surface area contributed by atoms with Crippen LogP contribution in [0.25, 0.3) is 16.3 Å². The summed E-state index contributed by atoms with van der Waals surface area (Å²) < 4.78 is 3.58. The highest BCUT2D eigenvalue weighted by atomic mass is 35.5. The Hall–Kier alpha value is -3.14. The van der Waals surface area contributed by atoms with Crippen LogP contribution in [0.5, 0.6) is 0 Å². The average Bonchev–Trinajstić information content (AvgIpc) is 3.38. The fourth-order valence-corrected chi connectivity index (χ4v) is 5.75. The molecule has 0 radical (unpaired) electrons. The summed E-state index contributed by atoms with van der Waals surface area (Å²) in [5, 5.41) is 2.00. The minimum atomic E-state index is 0.775. The third kappa shape index (κ3) is 4.27. The summed E-state index contributed by atoms with van der Waals surface area (Å²) in [5.41, 5.74) is 7.17. The van der Waals surface area contributed by atoms with Gasteiger partial charge in [-0.1, -0.05) is 65.9 Å². The molecule has 0 spiro atoms. The van der Waals surface area contributed by atoms with Gasteiger partial charge in [0.1, 0.15) is 11.2 Å². The quantitative estimate of drug-likeness (QED) is 0.257. The van der Waals surface area contributed by atoms with Crippen molar-refractivity contribution in [1.29, 1.82) is 0 Å². The van der Waals surface area contributed by atoms with Gasteiger partial charge in [0.15, 0.2) is 0 Å². The number of nitrogens with zero attached hydrogens (tertiary/aromatic N) is 2. The van der Waals surface area contributed by atoms with Crippen molar-refractivity contribution < 1.29 is 4.57 Å². The van der Waals surface area contributed by atoms with Crippen molar-refractivity contribution in [2.24, 2.45) is 0 Å². The van der Waals surface area contributed by atoms with Crippen LogP contribution in [-0.2, 0) is 6.54 Å². The molecule has 4 heteroatoms. The van der Waals surface area contributed by atoms with Gasteiger partial charge in [-0.3, -0.25) is 0 Å². The number of aryl methyl sites for hydroxylation is 1. The van der Waals surface area contributed by atoms with Crippen molar-refractivity contribution >= 4 is 50.6 Å². The lowest BCUT2D eigenvalue weighted by molar-refractivity contribution is -0.665. The van der Waals surface area contributed by atoms with Gasteiger partial charge in [-0.2, -0.15) is 4.57 Å². The Morgan fingerprint density at radius 2 is 1.61 bits per heavy atom. The summed E-state index contributed by atoms with van der Waals surface area (Å²) in [6.45, 7) is 7.52. The van der Waals surface area contributed by atoms with E-state index in [0.717, 1.165) is 35.8 Å². The van der Waals surface area contributed by atoms with Gasteiger partial charge in [0.25, 0.3) is 5.01 Å². The van der Waals surface area contributed by atoms with Crippen LogP contribution in [0, 0.1) is 0 Å². The summed E-state index contributed by atoms with van der Waals surface area (Å²) in [6.07, 6.45) is 6.50. The average molecular weight is 470 g/mol. The molecule has 3 aromatic carbocycles. The third-order valence-electron chi connectivity index (χ3n) is 6.02. The van der Waals surface area contributed by atoms with Gasteiger partial charge < -0.3 is 4.90 Å². The predicted molar refractivity (Wildman–Crippen MR) is 142 cm³/mol. The molecule has 0 fully saturated rings. The fraction of sp³-hybridized carbons (Fsp3) is 0.138. The van der Waals surface area contributed by atoms with E-state index in [4.69, 9.17) is 11.6 Å². The molecule has 0 amide bonds. The second-order valence-corrected chi connectivity index (χ2v) is 9.61. The number of aromatic nitrogens is 1. The van der Waals surface area contributed by atoms with Crippen LogP contribution in [-0.4, -0.2) is 0 Å².